The molecular formula is C26H41N3O2. The number of carbonyl (C=O) groups is 2. The highest BCUT2D eigenvalue weighted by Crippen LogP contribution is 2.49. The third kappa shape index (κ3) is 5.88. The second-order valence-corrected chi connectivity index (χ2v) is 9.41. The third-order valence-electron chi connectivity index (χ3n) is 7.40. The first-order valence-electron chi connectivity index (χ1n) is 12.4. The maximum absolute atomic E-state index is 12.4. The number of hydrogen-bond acceptors (Lipinski definition) is 3. The van der Waals surface area contributed by atoms with Gasteiger partial charge in [0.05, 0.1) is 0 Å². The van der Waals surface area contributed by atoms with Gasteiger partial charge in [-0.05, 0) is 107 Å². The van der Waals surface area contributed by atoms with E-state index >= 15 is 0 Å². The molecule has 0 radical (unpaired) electrons. The lowest BCUT2D eigenvalue weighted by molar-refractivity contribution is -0.130. The standard InChI is InChI=1S/C26H41N3O2/c1-4-28-25(31)20-11-12-22-19-26(13-15-27-16-14-26)18-21(23(22)17-20)9-7-8-10-24(30)29(5-2)6-3/h11-12,17,21,27H,4-10,13-16,18-19H2,1-3H3,(H,28,31). The van der Waals surface area contributed by atoms with Gasteiger partial charge in [-0.15, -0.1) is 0 Å². The van der Waals surface area contributed by atoms with Crippen molar-refractivity contribution >= 4 is 11.8 Å². The second kappa shape index (κ2) is 11.1. The highest BCUT2D eigenvalue weighted by molar-refractivity contribution is 5.94. The van der Waals surface area contributed by atoms with Crippen molar-refractivity contribution in [2.75, 3.05) is 32.7 Å². The van der Waals surface area contributed by atoms with E-state index in [9.17, 15) is 9.59 Å². The summed E-state index contributed by atoms with van der Waals surface area (Å²) in [5.41, 5.74) is 3.99. The average Bonchev–Trinajstić information content (AvgIpc) is 2.78. The van der Waals surface area contributed by atoms with Crippen LogP contribution in [0.2, 0.25) is 0 Å². The number of unbranched alkanes of at least 4 members (excludes halogenated alkanes) is 1. The van der Waals surface area contributed by atoms with Gasteiger partial charge in [0.15, 0.2) is 0 Å². The summed E-state index contributed by atoms with van der Waals surface area (Å²) in [5.74, 6) is 0.790. The van der Waals surface area contributed by atoms with Crippen molar-refractivity contribution in [1.29, 1.82) is 0 Å². The zero-order chi connectivity index (χ0) is 22.3. The molecule has 0 bridgehead atoms. The first kappa shape index (κ1) is 23.8. The highest BCUT2D eigenvalue weighted by Gasteiger charge is 2.39. The van der Waals surface area contributed by atoms with Crippen LogP contribution in [0.3, 0.4) is 0 Å². The minimum Gasteiger partial charge on any atom is -0.352 e. The van der Waals surface area contributed by atoms with Gasteiger partial charge in [0.1, 0.15) is 0 Å². The van der Waals surface area contributed by atoms with Gasteiger partial charge in [0.2, 0.25) is 5.91 Å². The molecule has 1 aromatic carbocycles. The van der Waals surface area contributed by atoms with E-state index in [2.05, 4.69) is 22.8 Å². The molecule has 1 atom stereocenters. The SMILES string of the molecule is CCNC(=O)c1ccc2c(c1)C(CCCCC(=O)N(CC)CC)CC1(CCNCC1)C2. The summed E-state index contributed by atoms with van der Waals surface area (Å²) in [6, 6.07) is 6.36. The molecule has 1 aliphatic carbocycles. The van der Waals surface area contributed by atoms with Crippen LogP contribution in [0.15, 0.2) is 18.2 Å². The maximum Gasteiger partial charge on any atom is 0.251 e. The summed E-state index contributed by atoms with van der Waals surface area (Å²) in [5, 5.41) is 6.46. The van der Waals surface area contributed by atoms with E-state index in [0.29, 0.717) is 24.3 Å². The van der Waals surface area contributed by atoms with Crippen LogP contribution in [-0.4, -0.2) is 49.4 Å². The van der Waals surface area contributed by atoms with Crippen LogP contribution < -0.4 is 10.6 Å². The molecule has 2 aliphatic rings. The quantitative estimate of drug-likeness (QED) is 0.579. The highest BCUT2D eigenvalue weighted by atomic mass is 16.2. The summed E-state index contributed by atoms with van der Waals surface area (Å²) >= 11 is 0. The van der Waals surface area contributed by atoms with Gasteiger partial charge in [-0.25, -0.2) is 0 Å². The smallest absolute Gasteiger partial charge is 0.251 e. The predicted octanol–water partition coefficient (Wildman–Crippen LogP) is 4.26. The number of fused-ring (bicyclic) bond motifs is 1. The van der Waals surface area contributed by atoms with Gasteiger partial charge < -0.3 is 15.5 Å². The van der Waals surface area contributed by atoms with Gasteiger partial charge in [-0.1, -0.05) is 12.5 Å². The van der Waals surface area contributed by atoms with Gasteiger partial charge in [-0.2, -0.15) is 0 Å². The van der Waals surface area contributed by atoms with Gasteiger partial charge in [0, 0.05) is 31.6 Å². The number of nitrogens with zero attached hydrogens (tertiary/aromatic N) is 1. The van der Waals surface area contributed by atoms with Crippen LogP contribution in [0.5, 0.6) is 0 Å². The number of nitrogens with one attached hydrogen (secondary N) is 2. The zero-order valence-corrected chi connectivity index (χ0v) is 19.8. The normalized spacial score (nSPS) is 19.6. The number of rotatable bonds is 9. The molecule has 0 saturated carbocycles. The van der Waals surface area contributed by atoms with Crippen LogP contribution in [0.1, 0.15) is 93.1 Å². The van der Waals surface area contributed by atoms with E-state index < -0.39 is 0 Å². The second-order valence-electron chi connectivity index (χ2n) is 9.41. The fraction of sp³-hybridized carbons (Fsp3) is 0.692. The molecule has 1 fully saturated rings. The Balaban J connectivity index is 1.71. The van der Waals surface area contributed by atoms with Crippen LogP contribution >= 0.6 is 0 Å². The summed E-state index contributed by atoms with van der Waals surface area (Å²) in [6.07, 6.45) is 8.59. The Kier molecular flexibility index (Phi) is 8.53. The lowest BCUT2D eigenvalue weighted by atomic mass is 9.62. The van der Waals surface area contributed by atoms with E-state index in [4.69, 9.17) is 0 Å². The molecule has 1 saturated heterocycles. The fourth-order valence-corrected chi connectivity index (χ4v) is 5.65. The monoisotopic (exact) mass is 427 g/mol. The van der Waals surface area contributed by atoms with E-state index in [1.165, 1.54) is 30.4 Å². The topological polar surface area (TPSA) is 61.4 Å². The lowest BCUT2D eigenvalue weighted by Gasteiger charge is -2.45. The maximum atomic E-state index is 12.4. The van der Waals surface area contributed by atoms with Crippen molar-refractivity contribution in [2.45, 2.75) is 78.1 Å². The van der Waals surface area contributed by atoms with Crippen LogP contribution in [0, 0.1) is 5.41 Å². The summed E-state index contributed by atoms with van der Waals surface area (Å²) < 4.78 is 0. The Morgan fingerprint density at radius 2 is 1.87 bits per heavy atom. The Morgan fingerprint density at radius 3 is 2.55 bits per heavy atom. The molecule has 1 spiro atoms. The van der Waals surface area contributed by atoms with Crippen molar-refractivity contribution in [3.8, 4) is 0 Å². The molecule has 31 heavy (non-hydrogen) atoms. The Labute approximate surface area is 188 Å². The molecule has 172 valence electrons. The number of carbonyl (C=O) groups excluding carboxylic acids is 2. The Bertz CT molecular complexity index is 751. The molecule has 0 aromatic heterocycles. The van der Waals surface area contributed by atoms with Gasteiger partial charge in [-0.3, -0.25) is 9.59 Å². The van der Waals surface area contributed by atoms with Crippen molar-refractivity contribution in [3.05, 3.63) is 34.9 Å². The minimum absolute atomic E-state index is 0.0241. The van der Waals surface area contributed by atoms with Crippen LogP contribution in [0.4, 0.5) is 0 Å². The van der Waals surface area contributed by atoms with Crippen molar-refractivity contribution in [2.24, 2.45) is 5.41 Å². The lowest BCUT2D eigenvalue weighted by Crippen LogP contribution is -2.41. The minimum atomic E-state index is 0.0241. The average molecular weight is 428 g/mol. The molecule has 5 heteroatoms. The molecule has 1 heterocycles. The molecule has 1 aliphatic heterocycles. The van der Waals surface area contributed by atoms with Crippen molar-refractivity contribution < 1.29 is 9.59 Å². The molecule has 2 amide bonds. The van der Waals surface area contributed by atoms with Gasteiger partial charge in [0.25, 0.3) is 5.91 Å². The van der Waals surface area contributed by atoms with E-state index in [1.807, 2.05) is 31.7 Å². The molecule has 3 rings (SSSR count). The molecule has 1 aromatic rings. The third-order valence-corrected chi connectivity index (χ3v) is 7.40. The van der Waals surface area contributed by atoms with E-state index in [0.717, 1.165) is 57.4 Å². The predicted molar refractivity (Wildman–Crippen MR) is 126 cm³/mol. The molecule has 1 unspecified atom stereocenters. The van der Waals surface area contributed by atoms with Crippen molar-refractivity contribution in [1.82, 2.24) is 15.5 Å². The Hall–Kier alpha value is -1.88. The summed E-state index contributed by atoms with van der Waals surface area (Å²) in [7, 11) is 0. The Morgan fingerprint density at radius 1 is 1.13 bits per heavy atom. The first-order valence-corrected chi connectivity index (χ1v) is 12.4. The van der Waals surface area contributed by atoms with E-state index in [1.54, 1.807) is 0 Å². The number of hydrogen-bond donors (Lipinski definition) is 2. The van der Waals surface area contributed by atoms with Crippen LogP contribution in [0.25, 0.3) is 0 Å². The molecule has 5 nitrogen and oxygen atoms in total. The fourth-order valence-electron chi connectivity index (χ4n) is 5.65. The molecular weight excluding hydrogens is 386 g/mol. The zero-order valence-electron chi connectivity index (χ0n) is 19.8. The number of amides is 2. The first-order chi connectivity index (χ1) is 15.0. The summed E-state index contributed by atoms with van der Waals surface area (Å²) in [4.78, 5) is 26.7. The van der Waals surface area contributed by atoms with Gasteiger partial charge >= 0.3 is 0 Å². The van der Waals surface area contributed by atoms with Crippen molar-refractivity contribution in [3.63, 3.8) is 0 Å². The molecule has 2 N–H and O–H groups in total. The number of piperidine rings is 1. The number of benzene rings is 1. The largest absolute Gasteiger partial charge is 0.352 e. The van der Waals surface area contributed by atoms with Crippen LogP contribution in [-0.2, 0) is 11.2 Å². The summed E-state index contributed by atoms with van der Waals surface area (Å²) in [6.45, 7) is 10.5. The van der Waals surface area contributed by atoms with E-state index in [-0.39, 0.29) is 11.8 Å².